The Morgan fingerprint density at radius 3 is 1.48 bits per heavy atom. The summed E-state index contributed by atoms with van der Waals surface area (Å²) < 4.78 is 62.5. The summed E-state index contributed by atoms with van der Waals surface area (Å²) in [5.74, 6) is -0.468. The lowest BCUT2D eigenvalue weighted by Crippen LogP contribution is -2.75. The molecule has 16 aromatic rings. The lowest BCUT2D eigenvalue weighted by Gasteiger charge is -2.46. The van der Waals surface area contributed by atoms with E-state index in [4.69, 9.17) is 10.2 Å². The zero-order chi connectivity index (χ0) is 59.4. The minimum absolute atomic E-state index is 0.160. The molecule has 13 aromatic carbocycles. The van der Waals surface area contributed by atoms with E-state index in [9.17, 15) is 5.48 Å². The van der Waals surface area contributed by atoms with Crippen LogP contribution >= 0.6 is 0 Å². The van der Waals surface area contributed by atoms with Crippen LogP contribution in [-0.4, -0.2) is 12.6 Å². The Morgan fingerprint density at radius 2 is 0.821 bits per heavy atom. The summed E-state index contributed by atoms with van der Waals surface area (Å²) in [5.41, 5.74) is 20.4. The fourth-order valence-corrected chi connectivity index (χ4v) is 19.8. The van der Waals surface area contributed by atoms with Crippen LogP contribution in [0.1, 0.15) is 52.1 Å². The van der Waals surface area contributed by atoms with Crippen molar-refractivity contribution < 1.29 is 15.7 Å². The summed E-state index contributed by atoms with van der Waals surface area (Å²) in [7, 11) is -3.86. The topological polar surface area (TPSA) is 31.2 Å². The van der Waals surface area contributed by atoms with Crippen LogP contribution in [0.3, 0.4) is 0 Å². The first kappa shape index (κ1) is 42.3. The first-order valence-electron chi connectivity index (χ1n) is 31.3. The molecule has 0 fully saturated rings. The summed E-state index contributed by atoms with van der Waals surface area (Å²) in [6, 6.07) is 93.6. The monoisotopic (exact) mass is 1090 g/mol. The quantitative estimate of drug-likeness (QED) is 0.112. The van der Waals surface area contributed by atoms with Gasteiger partial charge in [0.15, 0.2) is 8.07 Å². The lowest BCUT2D eigenvalue weighted by atomic mass is 9.60. The van der Waals surface area contributed by atoms with Gasteiger partial charge in [0, 0.05) is 44.2 Å². The lowest BCUT2D eigenvalue weighted by molar-refractivity contribution is 0.668. The third-order valence-corrected chi connectivity index (χ3v) is 23.1. The van der Waals surface area contributed by atoms with E-state index in [1.165, 1.54) is 27.8 Å². The molecular formula is C80H51NO2Si. The molecule has 3 heterocycles. The fraction of sp³-hybridized carbons (Fsp3) is 0.0250. The number of nitrogens with zero attached hydrogens (tertiary/aromatic N) is 1. The molecular weight excluding hydrogens is 1030 g/mol. The van der Waals surface area contributed by atoms with Crippen molar-refractivity contribution in [1.82, 2.24) is 4.57 Å². The Morgan fingerprint density at radius 1 is 0.333 bits per heavy atom. The Kier molecular flexibility index (Phi) is 9.19. The standard InChI is InChI=1S/C80H51NO2Si/c1-4-21-53(22-5-1)84(54-23-6-2-7-24-54,55-25-8-3-9-26-55)75-40-20-35-64-77-61-30-10-11-31-62(61)80(79(64)75)78-63(77)34-19-37-70(78)81-68-36-15-12-27-58(68)65-49-52(41-44-69(65)81)76-56(50-42-45-73-66(47-50)59-28-13-16-38-71(59)82-73)32-18-33-57(76)51-43-46-74-67(48-51)60-29-14-17-39-72(60)83-74/h1-49,77,80H/i1D,4D,5D,21D,22D. The van der Waals surface area contributed by atoms with E-state index in [0.29, 0.717) is 5.19 Å². The van der Waals surface area contributed by atoms with Crippen LogP contribution in [0.4, 0.5) is 0 Å². The van der Waals surface area contributed by atoms with Gasteiger partial charge in [-0.3, -0.25) is 0 Å². The highest BCUT2D eigenvalue weighted by atomic mass is 28.3. The number of para-hydroxylation sites is 3. The van der Waals surface area contributed by atoms with Gasteiger partial charge in [0.1, 0.15) is 22.3 Å². The predicted octanol–water partition coefficient (Wildman–Crippen LogP) is 17.9. The fourth-order valence-electron chi connectivity index (χ4n) is 15.0. The smallest absolute Gasteiger partial charge is 0.179 e. The molecule has 0 aliphatic heterocycles. The van der Waals surface area contributed by atoms with Crippen LogP contribution in [0.5, 0.6) is 0 Å². The highest BCUT2D eigenvalue weighted by Crippen LogP contribution is 2.58. The van der Waals surface area contributed by atoms with E-state index in [2.05, 4.69) is 211 Å². The van der Waals surface area contributed by atoms with Gasteiger partial charge in [-0.25, -0.2) is 0 Å². The van der Waals surface area contributed by atoms with Gasteiger partial charge in [-0.2, -0.15) is 0 Å². The van der Waals surface area contributed by atoms with Gasteiger partial charge in [-0.05, 0) is 148 Å². The Balaban J connectivity index is 0.889. The summed E-state index contributed by atoms with van der Waals surface area (Å²) >= 11 is 0. The Labute approximate surface area is 493 Å². The van der Waals surface area contributed by atoms with E-state index in [1.807, 2.05) is 60.7 Å². The molecule has 2 unspecified atom stereocenters. The molecule has 0 radical (unpaired) electrons. The van der Waals surface area contributed by atoms with Gasteiger partial charge < -0.3 is 13.4 Å². The van der Waals surface area contributed by atoms with Gasteiger partial charge in [-0.15, -0.1) is 0 Å². The number of rotatable bonds is 8. The first-order chi connectivity index (χ1) is 43.8. The van der Waals surface area contributed by atoms with Gasteiger partial charge in [0.05, 0.1) is 23.6 Å². The van der Waals surface area contributed by atoms with Crippen molar-refractivity contribution in [2.24, 2.45) is 0 Å². The van der Waals surface area contributed by atoms with Crippen LogP contribution in [-0.2, 0) is 0 Å². The van der Waals surface area contributed by atoms with Gasteiger partial charge in [0.2, 0.25) is 0 Å². The maximum Gasteiger partial charge on any atom is 0.179 e. The molecule has 3 aliphatic carbocycles. The predicted molar refractivity (Wildman–Crippen MR) is 350 cm³/mol. The second-order valence-corrected chi connectivity index (χ2v) is 26.2. The summed E-state index contributed by atoms with van der Waals surface area (Å²) in [6.07, 6.45) is 0. The number of furan rings is 2. The zero-order valence-electron chi connectivity index (χ0n) is 50.3. The highest BCUT2D eigenvalue weighted by molar-refractivity contribution is 7.20. The molecule has 19 rings (SSSR count). The van der Waals surface area contributed by atoms with E-state index in [0.717, 1.165) is 126 Å². The molecule has 392 valence electrons. The molecule has 0 saturated carbocycles. The van der Waals surface area contributed by atoms with Crippen LogP contribution in [0, 0.1) is 0 Å². The van der Waals surface area contributed by atoms with Crippen molar-refractivity contribution in [2.75, 3.05) is 0 Å². The van der Waals surface area contributed by atoms with Crippen molar-refractivity contribution >= 4 is 94.5 Å². The molecule has 0 spiro atoms. The number of benzene rings is 13. The number of fused-ring (bicyclic) bond motifs is 9. The Bertz CT molecular complexity index is 5470. The molecule has 0 amide bonds. The molecule has 3 aromatic heterocycles. The van der Waals surface area contributed by atoms with Crippen molar-refractivity contribution in [1.29, 1.82) is 0 Å². The summed E-state index contributed by atoms with van der Waals surface area (Å²) in [6.45, 7) is 0. The van der Waals surface area contributed by atoms with Crippen LogP contribution in [0.25, 0.3) is 105 Å². The van der Waals surface area contributed by atoms with Gasteiger partial charge in [0.25, 0.3) is 0 Å². The van der Waals surface area contributed by atoms with Crippen LogP contribution in [0.2, 0.25) is 0 Å². The average molecular weight is 1090 g/mol. The third-order valence-electron chi connectivity index (χ3n) is 18.4. The molecule has 0 N–H and O–H groups in total. The summed E-state index contributed by atoms with van der Waals surface area (Å²) in [5, 5.41) is 9.79. The van der Waals surface area contributed by atoms with Crippen molar-refractivity contribution in [3.63, 3.8) is 0 Å². The van der Waals surface area contributed by atoms with Crippen molar-refractivity contribution in [3.8, 4) is 39.1 Å². The van der Waals surface area contributed by atoms with Gasteiger partial charge in [-0.1, -0.05) is 236 Å². The molecule has 4 heteroatoms. The molecule has 2 atom stereocenters. The minimum atomic E-state index is -3.86. The first-order valence-corrected chi connectivity index (χ1v) is 30.8. The van der Waals surface area contributed by atoms with Crippen LogP contribution < -0.4 is 20.7 Å². The number of aromatic nitrogens is 1. The largest absolute Gasteiger partial charge is 0.456 e. The SMILES string of the molecule is [2H]c1c([2H])c([2H])c([Si](c2ccccc2)(c2ccccc2)c2cccc3c2C2c4ccccc4C3c3cccc(-n4c5ccccc5c5cc(-c6c(-c7ccc8oc9ccccc9c8c7)cccc6-c6ccc7oc8ccccc8c7c6)ccc54)c32)c([2H])c1[2H]. The third kappa shape index (κ3) is 6.68. The van der Waals surface area contributed by atoms with Crippen molar-refractivity contribution in [2.45, 2.75) is 11.8 Å². The van der Waals surface area contributed by atoms with E-state index in [-0.39, 0.29) is 36.0 Å². The zero-order valence-corrected chi connectivity index (χ0v) is 46.3. The summed E-state index contributed by atoms with van der Waals surface area (Å²) in [4.78, 5) is 0. The number of hydrogen-bond acceptors (Lipinski definition) is 2. The van der Waals surface area contributed by atoms with Crippen LogP contribution in [0.15, 0.2) is 306 Å². The second-order valence-electron chi connectivity index (χ2n) is 22.5. The molecule has 3 aliphatic rings. The van der Waals surface area contributed by atoms with Gasteiger partial charge >= 0.3 is 0 Å². The number of hydrogen-bond donors (Lipinski definition) is 0. The molecule has 3 nitrogen and oxygen atoms in total. The van der Waals surface area contributed by atoms with E-state index < -0.39 is 14.1 Å². The normalized spacial score (nSPS) is 15.3. The van der Waals surface area contributed by atoms with E-state index in [1.54, 1.807) is 0 Å². The minimum Gasteiger partial charge on any atom is -0.456 e. The average Bonchev–Trinajstić information content (AvgIpc) is 0.900. The second kappa shape index (κ2) is 18.2. The molecule has 2 bridgehead atoms. The van der Waals surface area contributed by atoms with Crippen molar-refractivity contribution in [3.05, 3.63) is 331 Å². The van der Waals surface area contributed by atoms with E-state index >= 15 is 0 Å². The maximum absolute atomic E-state index is 9.93. The Hall–Kier alpha value is -10.5. The molecule has 84 heavy (non-hydrogen) atoms. The molecule has 0 saturated heterocycles. The maximum atomic E-state index is 9.93. The highest BCUT2D eigenvalue weighted by Gasteiger charge is 2.50.